The van der Waals surface area contributed by atoms with Crippen LogP contribution in [-0.2, 0) is 14.4 Å². The maximum atomic E-state index is 14.0. The van der Waals surface area contributed by atoms with Gasteiger partial charge in [-0.15, -0.1) is 0 Å². The van der Waals surface area contributed by atoms with Crippen molar-refractivity contribution in [2.24, 2.45) is 11.3 Å². The number of carboxylic acids is 1. The maximum absolute atomic E-state index is 14.0. The standard InChI is InChI=1S/C25H27FN4O4/c1-24(2,26)22(32)30-18-11-14(9-10-27-18)20-21(28-15-7-5-4-6-8-15)19-16(29-20)12-25(3,23(33)34)13-17(19)31/h4-12,19-21,28-29H,13H2,1-3H3,(H,33,34)(H,27,30,32). The Kier molecular flexibility index (Phi) is 5.89. The highest BCUT2D eigenvalue weighted by Crippen LogP contribution is 2.44. The predicted molar refractivity (Wildman–Crippen MR) is 125 cm³/mol. The minimum Gasteiger partial charge on any atom is -0.481 e. The van der Waals surface area contributed by atoms with Gasteiger partial charge < -0.3 is 21.1 Å². The molecule has 4 rings (SSSR count). The van der Waals surface area contributed by atoms with Gasteiger partial charge >= 0.3 is 5.97 Å². The molecular weight excluding hydrogens is 439 g/mol. The molecule has 1 aliphatic carbocycles. The number of para-hydroxylation sites is 1. The first kappa shape index (κ1) is 23.4. The van der Waals surface area contributed by atoms with Crippen LogP contribution in [0.25, 0.3) is 0 Å². The topological polar surface area (TPSA) is 120 Å². The van der Waals surface area contributed by atoms with Crippen molar-refractivity contribution in [2.45, 2.75) is 44.9 Å². The van der Waals surface area contributed by atoms with Crippen LogP contribution in [-0.4, -0.2) is 39.5 Å². The lowest BCUT2D eigenvalue weighted by Gasteiger charge is -2.31. The summed E-state index contributed by atoms with van der Waals surface area (Å²) in [6, 6.07) is 11.9. The van der Waals surface area contributed by atoms with Crippen molar-refractivity contribution in [3.05, 3.63) is 66.0 Å². The fraction of sp³-hybridized carbons (Fsp3) is 0.360. The number of pyridine rings is 1. The van der Waals surface area contributed by atoms with Gasteiger partial charge in [-0.05, 0) is 56.7 Å². The minimum absolute atomic E-state index is 0.110. The summed E-state index contributed by atoms with van der Waals surface area (Å²) >= 11 is 0. The lowest BCUT2D eigenvalue weighted by molar-refractivity contribution is -0.148. The number of alkyl halides is 1. The van der Waals surface area contributed by atoms with E-state index in [4.69, 9.17) is 0 Å². The highest BCUT2D eigenvalue weighted by molar-refractivity contribution is 5.96. The van der Waals surface area contributed by atoms with Gasteiger partial charge in [0, 0.05) is 24.0 Å². The highest BCUT2D eigenvalue weighted by atomic mass is 19.1. The molecular formula is C25H27FN4O4. The van der Waals surface area contributed by atoms with E-state index in [1.54, 1.807) is 18.2 Å². The molecule has 1 aromatic heterocycles. The van der Waals surface area contributed by atoms with Gasteiger partial charge in [0.05, 0.1) is 23.4 Å². The Morgan fingerprint density at radius 2 is 1.94 bits per heavy atom. The third kappa shape index (κ3) is 4.50. The van der Waals surface area contributed by atoms with E-state index < -0.39 is 41.0 Å². The molecule has 0 radical (unpaired) electrons. The first-order chi connectivity index (χ1) is 16.0. The van der Waals surface area contributed by atoms with E-state index in [0.717, 1.165) is 19.5 Å². The molecule has 9 heteroatoms. The number of halogens is 1. The minimum atomic E-state index is -2.08. The Balaban J connectivity index is 1.72. The van der Waals surface area contributed by atoms with Crippen molar-refractivity contribution in [2.75, 3.05) is 10.6 Å². The molecule has 34 heavy (non-hydrogen) atoms. The van der Waals surface area contributed by atoms with Crippen LogP contribution >= 0.6 is 0 Å². The fourth-order valence-corrected chi connectivity index (χ4v) is 4.41. The number of carboxylic acid groups (broad SMARTS) is 1. The monoisotopic (exact) mass is 466 g/mol. The normalized spacial score (nSPS) is 26.2. The summed E-state index contributed by atoms with van der Waals surface area (Å²) in [5.41, 5.74) is -1.32. The van der Waals surface area contributed by atoms with Gasteiger partial charge in [-0.1, -0.05) is 18.2 Å². The van der Waals surface area contributed by atoms with Crippen LogP contribution in [0.2, 0.25) is 0 Å². The van der Waals surface area contributed by atoms with Crippen LogP contribution in [0.5, 0.6) is 0 Å². The molecule has 1 fully saturated rings. The SMILES string of the molecule is CC(C)(F)C(=O)Nc1cc(C2NC3=CC(C)(C(=O)O)CC(=O)C3C2Nc2ccccc2)ccn1. The van der Waals surface area contributed by atoms with Gasteiger partial charge in [-0.3, -0.25) is 14.4 Å². The third-order valence-electron chi connectivity index (χ3n) is 6.26. The van der Waals surface area contributed by atoms with E-state index in [1.807, 2.05) is 30.3 Å². The molecule has 1 saturated heterocycles. The highest BCUT2D eigenvalue weighted by Gasteiger charge is 2.51. The molecule has 1 aliphatic heterocycles. The van der Waals surface area contributed by atoms with Crippen molar-refractivity contribution < 1.29 is 23.9 Å². The molecule has 4 unspecified atom stereocenters. The quantitative estimate of drug-likeness (QED) is 0.515. The van der Waals surface area contributed by atoms with Gasteiger partial charge in [-0.25, -0.2) is 9.37 Å². The summed E-state index contributed by atoms with van der Waals surface area (Å²) < 4.78 is 14.0. The average molecular weight is 467 g/mol. The first-order valence-electron chi connectivity index (χ1n) is 11.0. The number of carbonyl (C=O) groups excluding carboxylic acids is 2. The molecule has 4 atom stereocenters. The van der Waals surface area contributed by atoms with Crippen LogP contribution in [0.15, 0.2) is 60.4 Å². The maximum Gasteiger partial charge on any atom is 0.313 e. The number of hydrogen-bond acceptors (Lipinski definition) is 6. The molecule has 2 aliphatic rings. The van der Waals surface area contributed by atoms with Gasteiger partial charge in [0.25, 0.3) is 5.91 Å². The van der Waals surface area contributed by atoms with Crippen molar-refractivity contribution in [3.8, 4) is 0 Å². The second-order valence-electron chi connectivity index (χ2n) is 9.50. The Morgan fingerprint density at radius 1 is 1.24 bits per heavy atom. The number of rotatable bonds is 6. The Morgan fingerprint density at radius 3 is 2.59 bits per heavy atom. The van der Waals surface area contributed by atoms with Gasteiger partial charge in [0.2, 0.25) is 0 Å². The summed E-state index contributed by atoms with van der Waals surface area (Å²) in [6.45, 7) is 3.85. The number of Topliss-reactive ketones (excluding diaryl/α,β-unsaturated/α-hetero) is 1. The van der Waals surface area contributed by atoms with E-state index in [2.05, 4.69) is 20.9 Å². The molecule has 0 spiro atoms. The lowest BCUT2D eigenvalue weighted by Crippen LogP contribution is -2.41. The molecule has 1 aromatic carbocycles. The molecule has 0 saturated carbocycles. The molecule has 4 N–H and O–H groups in total. The predicted octanol–water partition coefficient (Wildman–Crippen LogP) is 3.46. The second-order valence-corrected chi connectivity index (χ2v) is 9.50. The first-order valence-corrected chi connectivity index (χ1v) is 11.0. The van der Waals surface area contributed by atoms with E-state index in [1.165, 1.54) is 13.1 Å². The number of carbonyl (C=O) groups is 3. The molecule has 1 amide bonds. The lowest BCUT2D eigenvalue weighted by atomic mass is 9.73. The molecule has 0 bridgehead atoms. The van der Waals surface area contributed by atoms with E-state index in [0.29, 0.717) is 11.3 Å². The summed E-state index contributed by atoms with van der Waals surface area (Å²) in [7, 11) is 0. The van der Waals surface area contributed by atoms with Crippen molar-refractivity contribution in [1.29, 1.82) is 0 Å². The van der Waals surface area contributed by atoms with Crippen molar-refractivity contribution >= 4 is 29.2 Å². The summed E-state index contributed by atoms with van der Waals surface area (Å²) in [4.78, 5) is 41.3. The summed E-state index contributed by atoms with van der Waals surface area (Å²) in [5, 5.41) is 18.9. The zero-order valence-electron chi connectivity index (χ0n) is 19.1. The molecule has 8 nitrogen and oxygen atoms in total. The Hall–Kier alpha value is -3.75. The number of nitrogens with zero attached hydrogens (tertiary/aromatic N) is 1. The average Bonchev–Trinajstić information content (AvgIpc) is 3.12. The summed E-state index contributed by atoms with van der Waals surface area (Å²) in [5.74, 6) is -2.45. The number of fused-ring (bicyclic) bond motifs is 1. The van der Waals surface area contributed by atoms with Gasteiger partial charge in [0.1, 0.15) is 11.6 Å². The fourth-order valence-electron chi connectivity index (χ4n) is 4.41. The van der Waals surface area contributed by atoms with Crippen molar-refractivity contribution in [3.63, 3.8) is 0 Å². The number of aliphatic carboxylic acids is 1. The van der Waals surface area contributed by atoms with Gasteiger partial charge in [-0.2, -0.15) is 0 Å². The van der Waals surface area contributed by atoms with Crippen LogP contribution in [0.3, 0.4) is 0 Å². The third-order valence-corrected chi connectivity index (χ3v) is 6.26. The second kappa shape index (κ2) is 8.55. The smallest absolute Gasteiger partial charge is 0.313 e. The number of hydrogen-bond donors (Lipinski definition) is 4. The Bertz CT molecular complexity index is 1160. The molecule has 178 valence electrons. The molecule has 2 heterocycles. The van der Waals surface area contributed by atoms with Crippen LogP contribution < -0.4 is 16.0 Å². The Labute approximate surface area is 196 Å². The number of amides is 1. The number of anilines is 2. The number of nitrogens with one attached hydrogen (secondary N) is 3. The zero-order chi connectivity index (χ0) is 24.7. The van der Waals surface area contributed by atoms with E-state index in [-0.39, 0.29) is 18.0 Å². The van der Waals surface area contributed by atoms with Crippen LogP contribution in [0.4, 0.5) is 15.9 Å². The molecule has 2 aromatic rings. The largest absolute Gasteiger partial charge is 0.481 e. The van der Waals surface area contributed by atoms with Crippen LogP contribution in [0, 0.1) is 11.3 Å². The van der Waals surface area contributed by atoms with Gasteiger partial charge in [0.15, 0.2) is 5.67 Å². The zero-order valence-corrected chi connectivity index (χ0v) is 19.1. The van der Waals surface area contributed by atoms with E-state index in [9.17, 15) is 23.9 Å². The summed E-state index contributed by atoms with van der Waals surface area (Å²) in [6.07, 6.45) is 3.01. The number of benzene rings is 1. The number of ketones is 1. The van der Waals surface area contributed by atoms with Crippen LogP contribution in [0.1, 0.15) is 38.8 Å². The number of aromatic nitrogens is 1. The van der Waals surface area contributed by atoms with E-state index >= 15 is 0 Å². The van der Waals surface area contributed by atoms with Crippen molar-refractivity contribution in [1.82, 2.24) is 10.3 Å².